The van der Waals surface area contributed by atoms with E-state index in [1.165, 1.54) is 0 Å². The van der Waals surface area contributed by atoms with Crippen LogP contribution in [0.1, 0.15) is 12.0 Å². The summed E-state index contributed by atoms with van der Waals surface area (Å²) in [6.45, 7) is 3.77. The van der Waals surface area contributed by atoms with Gasteiger partial charge >= 0.3 is 6.03 Å². The molecule has 2 fully saturated rings. The van der Waals surface area contributed by atoms with E-state index in [4.69, 9.17) is 0 Å². The van der Waals surface area contributed by atoms with Crippen LogP contribution in [0, 0.1) is 6.92 Å². The molecule has 6 heteroatoms. The number of urea groups is 1. The number of aryl methyl sites for hydroxylation is 1. The lowest BCUT2D eigenvalue weighted by Crippen LogP contribution is -2.51. The summed E-state index contributed by atoms with van der Waals surface area (Å²) in [5.41, 5.74) is 1.14. The summed E-state index contributed by atoms with van der Waals surface area (Å²) in [4.78, 5) is 20.2. The Hall–Kier alpha value is -1.30. The molecular weight excluding hydrogens is 308 g/mol. The molecule has 102 valence electrons. The average Bonchev–Trinajstić information content (AvgIpc) is 2.64. The van der Waals surface area contributed by atoms with Gasteiger partial charge in [-0.25, -0.2) is 9.78 Å². The highest BCUT2D eigenvalue weighted by Gasteiger charge is 2.41. The van der Waals surface area contributed by atoms with Crippen LogP contribution in [0.5, 0.6) is 0 Å². The van der Waals surface area contributed by atoms with E-state index in [1.807, 2.05) is 25.1 Å². The largest absolute Gasteiger partial charge is 0.353 e. The quantitative estimate of drug-likeness (QED) is 0.856. The Morgan fingerprint density at radius 2 is 2.32 bits per heavy atom. The standard InChI is InChI=1S/C13H17BrN4O/c1-8-5-9(14)12(15-6-8)18-4-3-11-10(7-18)16-13(19)17(11)2/h5-6,10-11H,3-4,7H2,1-2H3,(H,16,19)/t10-,11+/m1/s1. The van der Waals surface area contributed by atoms with Crippen LogP contribution >= 0.6 is 15.9 Å². The summed E-state index contributed by atoms with van der Waals surface area (Å²) in [6, 6.07) is 2.62. The van der Waals surface area contributed by atoms with Gasteiger partial charge < -0.3 is 15.1 Å². The third-order valence-corrected chi connectivity index (χ3v) is 4.54. The minimum Gasteiger partial charge on any atom is -0.353 e. The number of likely N-dealkylation sites (N-methyl/N-ethyl adjacent to an activating group) is 1. The number of aromatic nitrogens is 1. The van der Waals surface area contributed by atoms with E-state index in [-0.39, 0.29) is 12.1 Å². The molecule has 0 unspecified atom stereocenters. The van der Waals surface area contributed by atoms with Crippen LogP contribution in [0.4, 0.5) is 10.6 Å². The molecular formula is C13H17BrN4O. The molecule has 0 aromatic carbocycles. The minimum absolute atomic E-state index is 0.0350. The lowest BCUT2D eigenvalue weighted by atomic mass is 10.0. The summed E-state index contributed by atoms with van der Waals surface area (Å²) >= 11 is 3.58. The molecule has 0 saturated carbocycles. The number of carbonyl (C=O) groups excluding carboxylic acids is 1. The summed E-state index contributed by atoms with van der Waals surface area (Å²) in [5, 5.41) is 3.04. The summed E-state index contributed by atoms with van der Waals surface area (Å²) in [7, 11) is 1.87. The summed E-state index contributed by atoms with van der Waals surface area (Å²) < 4.78 is 1.02. The first-order valence-electron chi connectivity index (χ1n) is 6.46. The van der Waals surface area contributed by atoms with Gasteiger partial charge in [-0.15, -0.1) is 0 Å². The van der Waals surface area contributed by atoms with Crippen LogP contribution < -0.4 is 10.2 Å². The maximum atomic E-state index is 11.7. The number of nitrogens with one attached hydrogen (secondary N) is 1. The van der Waals surface area contributed by atoms with Gasteiger partial charge in [0.25, 0.3) is 0 Å². The monoisotopic (exact) mass is 324 g/mol. The average molecular weight is 325 g/mol. The number of rotatable bonds is 1. The van der Waals surface area contributed by atoms with Crippen LogP contribution in [0.25, 0.3) is 0 Å². The van der Waals surface area contributed by atoms with E-state index in [0.717, 1.165) is 35.4 Å². The Morgan fingerprint density at radius 3 is 3.05 bits per heavy atom. The minimum atomic E-state index is 0.0350. The van der Waals surface area contributed by atoms with Crippen LogP contribution in [0.3, 0.4) is 0 Å². The van der Waals surface area contributed by atoms with Gasteiger partial charge in [0.15, 0.2) is 0 Å². The van der Waals surface area contributed by atoms with Crippen molar-refractivity contribution in [3.05, 3.63) is 22.3 Å². The fourth-order valence-electron chi connectivity index (χ4n) is 2.91. The van der Waals surface area contributed by atoms with Gasteiger partial charge in [0, 0.05) is 26.3 Å². The number of pyridine rings is 1. The predicted molar refractivity (Wildman–Crippen MR) is 77.4 cm³/mol. The number of piperidine rings is 1. The van der Waals surface area contributed by atoms with Gasteiger partial charge in [-0.2, -0.15) is 0 Å². The molecule has 1 aromatic rings. The molecule has 0 bridgehead atoms. The van der Waals surface area contributed by atoms with Crippen molar-refractivity contribution in [3.63, 3.8) is 0 Å². The topological polar surface area (TPSA) is 48.5 Å². The van der Waals surface area contributed by atoms with E-state index >= 15 is 0 Å². The zero-order chi connectivity index (χ0) is 13.6. The molecule has 0 aliphatic carbocycles. The van der Waals surface area contributed by atoms with Crippen molar-refractivity contribution in [2.45, 2.75) is 25.4 Å². The Balaban J connectivity index is 1.80. The van der Waals surface area contributed by atoms with Crippen molar-refractivity contribution < 1.29 is 4.79 Å². The molecule has 2 aliphatic heterocycles. The SMILES string of the molecule is Cc1cnc(N2CC[C@H]3[C@@H](C2)NC(=O)N3C)c(Br)c1. The van der Waals surface area contributed by atoms with Gasteiger partial charge in [0.2, 0.25) is 0 Å². The summed E-state index contributed by atoms with van der Waals surface area (Å²) in [5.74, 6) is 0.966. The number of hydrogen-bond acceptors (Lipinski definition) is 3. The fourth-order valence-corrected chi connectivity index (χ4v) is 3.62. The van der Waals surface area contributed by atoms with Gasteiger partial charge in [-0.3, -0.25) is 0 Å². The highest BCUT2D eigenvalue weighted by Crippen LogP contribution is 2.29. The zero-order valence-electron chi connectivity index (χ0n) is 11.1. The number of fused-ring (bicyclic) bond motifs is 1. The smallest absolute Gasteiger partial charge is 0.317 e. The molecule has 2 saturated heterocycles. The van der Waals surface area contributed by atoms with Crippen molar-refractivity contribution in [1.82, 2.24) is 15.2 Å². The molecule has 1 aromatic heterocycles. The van der Waals surface area contributed by atoms with Gasteiger partial charge in [-0.05, 0) is 40.9 Å². The maximum absolute atomic E-state index is 11.7. The van der Waals surface area contributed by atoms with Gasteiger partial charge in [0.05, 0.1) is 16.6 Å². The number of hydrogen-bond donors (Lipinski definition) is 1. The summed E-state index contributed by atoms with van der Waals surface area (Å²) in [6.07, 6.45) is 2.85. The number of carbonyl (C=O) groups is 1. The first-order valence-corrected chi connectivity index (χ1v) is 7.26. The lowest BCUT2D eigenvalue weighted by molar-refractivity contribution is 0.212. The lowest BCUT2D eigenvalue weighted by Gasteiger charge is -2.36. The fraction of sp³-hybridized carbons (Fsp3) is 0.538. The van der Waals surface area contributed by atoms with Gasteiger partial charge in [0.1, 0.15) is 5.82 Å². The highest BCUT2D eigenvalue weighted by molar-refractivity contribution is 9.10. The normalized spacial score (nSPS) is 26.4. The molecule has 3 rings (SSSR count). The third kappa shape index (κ3) is 2.18. The first-order chi connectivity index (χ1) is 9.06. The maximum Gasteiger partial charge on any atom is 0.317 e. The zero-order valence-corrected chi connectivity index (χ0v) is 12.6. The highest BCUT2D eigenvalue weighted by atomic mass is 79.9. The van der Waals surface area contributed by atoms with Crippen molar-refractivity contribution in [2.24, 2.45) is 0 Å². The van der Waals surface area contributed by atoms with Crippen LogP contribution in [0.2, 0.25) is 0 Å². The van der Waals surface area contributed by atoms with E-state index < -0.39 is 0 Å². The molecule has 19 heavy (non-hydrogen) atoms. The van der Waals surface area contributed by atoms with Crippen LogP contribution in [-0.4, -0.2) is 48.1 Å². The van der Waals surface area contributed by atoms with Crippen molar-refractivity contribution in [3.8, 4) is 0 Å². The second-order valence-electron chi connectivity index (χ2n) is 5.29. The molecule has 2 amide bonds. The molecule has 3 heterocycles. The third-order valence-electron chi connectivity index (χ3n) is 3.96. The Morgan fingerprint density at radius 1 is 1.53 bits per heavy atom. The second kappa shape index (κ2) is 4.67. The number of nitrogens with zero attached hydrogens (tertiary/aromatic N) is 3. The van der Waals surface area contributed by atoms with E-state index in [9.17, 15) is 4.79 Å². The van der Waals surface area contributed by atoms with Crippen LogP contribution in [-0.2, 0) is 0 Å². The molecule has 1 N–H and O–H groups in total. The molecule has 5 nitrogen and oxygen atoms in total. The van der Waals surface area contributed by atoms with E-state index in [2.05, 4.69) is 37.2 Å². The number of anilines is 1. The van der Waals surface area contributed by atoms with Crippen LogP contribution in [0.15, 0.2) is 16.7 Å². The van der Waals surface area contributed by atoms with Crippen molar-refractivity contribution >= 4 is 27.8 Å². The van der Waals surface area contributed by atoms with E-state index in [1.54, 1.807) is 0 Å². The number of halogens is 1. The second-order valence-corrected chi connectivity index (χ2v) is 6.14. The molecule has 2 atom stereocenters. The van der Waals surface area contributed by atoms with Crippen molar-refractivity contribution in [1.29, 1.82) is 0 Å². The molecule has 0 radical (unpaired) electrons. The Labute approximate surface area is 121 Å². The Kier molecular flexibility index (Phi) is 3.12. The number of amides is 2. The predicted octanol–water partition coefficient (Wildman–Crippen LogP) is 1.75. The molecule has 0 spiro atoms. The molecule has 2 aliphatic rings. The van der Waals surface area contributed by atoms with Gasteiger partial charge in [-0.1, -0.05) is 0 Å². The Bertz CT molecular complexity index is 521. The first kappa shape index (κ1) is 12.7. The van der Waals surface area contributed by atoms with Crippen molar-refractivity contribution in [2.75, 3.05) is 25.0 Å². The van der Waals surface area contributed by atoms with E-state index in [0.29, 0.717) is 6.04 Å².